The second kappa shape index (κ2) is 5.65. The molecule has 2 heteroatoms. The molecule has 0 aliphatic heterocycles. The molecule has 1 unspecified atom stereocenters. The van der Waals surface area contributed by atoms with Crippen LogP contribution in [0.1, 0.15) is 36.8 Å². The van der Waals surface area contributed by atoms with E-state index in [0.717, 1.165) is 19.1 Å². The summed E-state index contributed by atoms with van der Waals surface area (Å²) in [5.41, 5.74) is 2.83. The lowest BCUT2D eigenvalue weighted by Crippen LogP contribution is -2.22. The molecule has 0 bridgehead atoms. The van der Waals surface area contributed by atoms with Crippen LogP contribution >= 0.6 is 0 Å². The average molecular weight is 232 g/mol. The summed E-state index contributed by atoms with van der Waals surface area (Å²) in [6, 6.07) is 9.87. The van der Waals surface area contributed by atoms with Gasteiger partial charge < -0.3 is 10.2 Å². The number of benzene rings is 1. The summed E-state index contributed by atoms with van der Waals surface area (Å²) in [5.74, 6) is 0.615. The maximum atomic E-state index is 3.59. The maximum Gasteiger partial charge on any atom is 0.0227 e. The highest BCUT2D eigenvalue weighted by Gasteiger charge is 2.21. The van der Waals surface area contributed by atoms with Gasteiger partial charge in [0.25, 0.3) is 0 Å². The van der Waals surface area contributed by atoms with Gasteiger partial charge in [0.1, 0.15) is 0 Å². The van der Waals surface area contributed by atoms with Gasteiger partial charge in [-0.3, -0.25) is 0 Å². The second-order valence-corrected chi connectivity index (χ2v) is 5.56. The Balaban J connectivity index is 1.86. The zero-order chi connectivity index (χ0) is 12.3. The van der Waals surface area contributed by atoms with Crippen LogP contribution in [0.3, 0.4) is 0 Å². The molecule has 0 saturated heterocycles. The third-order valence-electron chi connectivity index (χ3n) is 3.34. The molecule has 2 rings (SSSR count). The van der Waals surface area contributed by atoms with Crippen LogP contribution in [-0.4, -0.2) is 31.6 Å². The van der Waals surface area contributed by atoms with Crippen LogP contribution in [0.5, 0.6) is 0 Å². The topological polar surface area (TPSA) is 15.3 Å². The van der Waals surface area contributed by atoms with Gasteiger partial charge in [0.15, 0.2) is 0 Å². The van der Waals surface area contributed by atoms with Crippen LogP contribution in [-0.2, 0) is 6.54 Å². The van der Waals surface area contributed by atoms with Gasteiger partial charge >= 0.3 is 0 Å². The number of nitrogens with zero attached hydrogens (tertiary/aromatic N) is 1. The Labute approximate surface area is 105 Å². The first kappa shape index (κ1) is 12.6. The van der Waals surface area contributed by atoms with Crippen molar-refractivity contribution < 1.29 is 0 Å². The van der Waals surface area contributed by atoms with Crippen molar-refractivity contribution in [3.05, 3.63) is 35.4 Å². The SMILES string of the molecule is CC(CNC1CC1)c1ccc(CN(C)C)cc1. The maximum absolute atomic E-state index is 3.59. The van der Waals surface area contributed by atoms with Gasteiger partial charge in [0, 0.05) is 19.1 Å². The average Bonchev–Trinajstić information content (AvgIpc) is 3.10. The lowest BCUT2D eigenvalue weighted by Gasteiger charge is -2.14. The lowest BCUT2D eigenvalue weighted by atomic mass is 9.99. The van der Waals surface area contributed by atoms with Gasteiger partial charge in [-0.05, 0) is 44.0 Å². The van der Waals surface area contributed by atoms with Crippen LogP contribution in [0.25, 0.3) is 0 Å². The van der Waals surface area contributed by atoms with Crippen LogP contribution in [0.2, 0.25) is 0 Å². The van der Waals surface area contributed by atoms with Crippen LogP contribution in [0.4, 0.5) is 0 Å². The number of rotatable bonds is 6. The summed E-state index contributed by atoms with van der Waals surface area (Å²) < 4.78 is 0. The lowest BCUT2D eigenvalue weighted by molar-refractivity contribution is 0.402. The standard InChI is InChI=1S/C15H24N2/c1-12(10-16-15-8-9-15)14-6-4-13(5-7-14)11-17(2)3/h4-7,12,15-16H,8-11H2,1-3H3. The van der Waals surface area contributed by atoms with Gasteiger partial charge in [0.05, 0.1) is 0 Å². The molecule has 0 spiro atoms. The first-order valence-electron chi connectivity index (χ1n) is 6.62. The van der Waals surface area contributed by atoms with E-state index >= 15 is 0 Å². The number of hydrogen-bond donors (Lipinski definition) is 1. The van der Waals surface area contributed by atoms with Crippen molar-refractivity contribution in [2.24, 2.45) is 0 Å². The highest BCUT2D eigenvalue weighted by atomic mass is 15.0. The smallest absolute Gasteiger partial charge is 0.0227 e. The van der Waals surface area contributed by atoms with Crippen molar-refractivity contribution in [3.63, 3.8) is 0 Å². The Kier molecular flexibility index (Phi) is 4.19. The Morgan fingerprint density at radius 2 is 1.88 bits per heavy atom. The van der Waals surface area contributed by atoms with Crippen molar-refractivity contribution in [2.75, 3.05) is 20.6 Å². The molecule has 1 saturated carbocycles. The molecule has 1 atom stereocenters. The largest absolute Gasteiger partial charge is 0.313 e. The third kappa shape index (κ3) is 4.14. The Hall–Kier alpha value is -0.860. The first-order valence-corrected chi connectivity index (χ1v) is 6.62. The number of nitrogens with one attached hydrogen (secondary N) is 1. The van der Waals surface area contributed by atoms with Gasteiger partial charge in [-0.2, -0.15) is 0 Å². The van der Waals surface area contributed by atoms with E-state index in [9.17, 15) is 0 Å². The van der Waals surface area contributed by atoms with Gasteiger partial charge in [-0.15, -0.1) is 0 Å². The minimum absolute atomic E-state index is 0.615. The predicted octanol–water partition coefficient (Wildman–Crippen LogP) is 2.60. The molecule has 2 nitrogen and oxygen atoms in total. The molecule has 0 heterocycles. The zero-order valence-electron chi connectivity index (χ0n) is 11.2. The normalized spacial score (nSPS) is 17.4. The van der Waals surface area contributed by atoms with Crippen molar-refractivity contribution >= 4 is 0 Å². The fraction of sp³-hybridized carbons (Fsp3) is 0.600. The predicted molar refractivity (Wildman–Crippen MR) is 73.3 cm³/mol. The Bertz CT molecular complexity index is 338. The van der Waals surface area contributed by atoms with Crippen LogP contribution in [0.15, 0.2) is 24.3 Å². The summed E-state index contributed by atoms with van der Waals surface area (Å²) in [5, 5.41) is 3.59. The molecule has 1 aliphatic rings. The van der Waals surface area contributed by atoms with Gasteiger partial charge in [-0.1, -0.05) is 31.2 Å². The fourth-order valence-corrected chi connectivity index (χ4v) is 2.07. The van der Waals surface area contributed by atoms with Crippen molar-refractivity contribution in [3.8, 4) is 0 Å². The summed E-state index contributed by atoms with van der Waals surface area (Å²) in [6.07, 6.45) is 2.74. The van der Waals surface area contributed by atoms with Crippen LogP contribution in [0, 0.1) is 0 Å². The molecule has 0 radical (unpaired) electrons. The Morgan fingerprint density at radius 3 is 2.41 bits per heavy atom. The van der Waals surface area contributed by atoms with Gasteiger partial charge in [0.2, 0.25) is 0 Å². The molecule has 0 amide bonds. The molecule has 1 aromatic rings. The molecule has 1 aromatic carbocycles. The summed E-state index contributed by atoms with van der Waals surface area (Å²) in [7, 11) is 4.21. The number of hydrogen-bond acceptors (Lipinski definition) is 2. The minimum atomic E-state index is 0.615. The van der Waals surface area contributed by atoms with E-state index < -0.39 is 0 Å². The van der Waals surface area contributed by atoms with E-state index in [1.54, 1.807) is 0 Å². The van der Waals surface area contributed by atoms with Crippen molar-refractivity contribution in [2.45, 2.75) is 38.3 Å². The van der Waals surface area contributed by atoms with E-state index in [1.807, 2.05) is 0 Å². The highest BCUT2D eigenvalue weighted by molar-refractivity contribution is 5.25. The molecule has 1 aliphatic carbocycles. The monoisotopic (exact) mass is 232 g/mol. The highest BCUT2D eigenvalue weighted by Crippen LogP contribution is 2.21. The van der Waals surface area contributed by atoms with Crippen molar-refractivity contribution in [1.29, 1.82) is 0 Å². The fourth-order valence-electron chi connectivity index (χ4n) is 2.07. The molecule has 0 aromatic heterocycles. The second-order valence-electron chi connectivity index (χ2n) is 5.56. The van der Waals surface area contributed by atoms with E-state index in [4.69, 9.17) is 0 Å². The van der Waals surface area contributed by atoms with Crippen LogP contribution < -0.4 is 5.32 Å². The van der Waals surface area contributed by atoms with Crippen molar-refractivity contribution in [1.82, 2.24) is 10.2 Å². The Morgan fingerprint density at radius 1 is 1.24 bits per heavy atom. The van der Waals surface area contributed by atoms with E-state index in [1.165, 1.54) is 24.0 Å². The van der Waals surface area contributed by atoms with E-state index in [2.05, 4.69) is 55.5 Å². The minimum Gasteiger partial charge on any atom is -0.313 e. The summed E-state index contributed by atoms with van der Waals surface area (Å²) >= 11 is 0. The summed E-state index contributed by atoms with van der Waals surface area (Å²) in [6.45, 7) is 4.43. The van der Waals surface area contributed by atoms with Gasteiger partial charge in [-0.25, -0.2) is 0 Å². The van der Waals surface area contributed by atoms with E-state index in [0.29, 0.717) is 5.92 Å². The quantitative estimate of drug-likeness (QED) is 0.811. The molecule has 1 N–H and O–H groups in total. The molecule has 1 fully saturated rings. The molecular formula is C15H24N2. The first-order chi connectivity index (χ1) is 8.15. The molecule has 17 heavy (non-hydrogen) atoms. The molecule has 94 valence electrons. The summed E-state index contributed by atoms with van der Waals surface area (Å²) in [4.78, 5) is 2.20. The third-order valence-corrected chi connectivity index (χ3v) is 3.34. The zero-order valence-corrected chi connectivity index (χ0v) is 11.2. The van der Waals surface area contributed by atoms with E-state index in [-0.39, 0.29) is 0 Å². The molecular weight excluding hydrogens is 208 g/mol.